The summed E-state index contributed by atoms with van der Waals surface area (Å²) < 4.78 is 52.1. The van der Waals surface area contributed by atoms with Crippen LogP contribution in [0.15, 0.2) is 72.8 Å². The van der Waals surface area contributed by atoms with Crippen molar-refractivity contribution in [3.05, 3.63) is 117 Å². The van der Waals surface area contributed by atoms with E-state index in [9.17, 15) is 0 Å². The molecule has 0 saturated heterocycles. The standard InChI is InChI=1S/C52H75N2O10/c1-9-54(6,7)38-43-36-44(13-12-42(43)39-63-31-30-61-27-26-59-23-22-57-19-18-55)52(48-34-40(2)10-15-46(48)47-16-11-41(3)35-49(47)52)45-14-17-51(50(37-45)53(4)5)64-33-32-62-29-28-60-25-24-58-21-20-56-8/h10-17,34-37,55H,9,18-33,38-39H2,1-8H3/q+1. The van der Waals surface area contributed by atoms with E-state index < -0.39 is 5.41 Å². The van der Waals surface area contributed by atoms with Gasteiger partial charge in [0.05, 0.1) is 137 Å². The van der Waals surface area contributed by atoms with E-state index in [4.69, 9.17) is 47.7 Å². The van der Waals surface area contributed by atoms with E-state index >= 15 is 0 Å². The zero-order valence-corrected chi connectivity index (χ0v) is 39.9. The lowest BCUT2D eigenvalue weighted by molar-refractivity contribution is -0.901. The number of benzene rings is 4. The third-order valence-corrected chi connectivity index (χ3v) is 11.7. The summed E-state index contributed by atoms with van der Waals surface area (Å²) in [5, 5.41) is 8.83. The molecule has 1 aliphatic carbocycles. The molecule has 1 aliphatic rings. The summed E-state index contributed by atoms with van der Waals surface area (Å²) in [4.78, 5) is 2.14. The van der Waals surface area contributed by atoms with Gasteiger partial charge in [-0.25, -0.2) is 0 Å². The molecular weight excluding hydrogens is 813 g/mol. The predicted molar refractivity (Wildman–Crippen MR) is 253 cm³/mol. The third-order valence-electron chi connectivity index (χ3n) is 11.7. The molecular formula is C52H75N2O10+. The first-order valence-corrected chi connectivity index (χ1v) is 22.8. The number of aryl methyl sites for hydroxylation is 2. The molecule has 4 aromatic carbocycles. The summed E-state index contributed by atoms with van der Waals surface area (Å²) in [5.74, 6) is 0.805. The molecule has 12 heteroatoms. The Balaban J connectivity index is 1.41. The molecule has 1 N–H and O–H groups in total. The fraction of sp³-hybridized carbons (Fsp3) is 0.538. The molecule has 0 atom stereocenters. The highest BCUT2D eigenvalue weighted by atomic mass is 16.6. The number of anilines is 1. The Morgan fingerprint density at radius 2 is 1.03 bits per heavy atom. The fourth-order valence-corrected chi connectivity index (χ4v) is 8.08. The van der Waals surface area contributed by atoms with Crippen LogP contribution in [0, 0.1) is 13.8 Å². The van der Waals surface area contributed by atoms with E-state index in [0.717, 1.165) is 29.0 Å². The number of methoxy groups -OCH3 is 1. The topological polar surface area (TPSA) is 107 Å². The summed E-state index contributed by atoms with van der Waals surface area (Å²) in [5.41, 5.74) is 12.7. The molecule has 0 aliphatic heterocycles. The Morgan fingerprint density at radius 1 is 0.547 bits per heavy atom. The van der Waals surface area contributed by atoms with Crippen LogP contribution in [0.2, 0.25) is 0 Å². The van der Waals surface area contributed by atoms with Crippen LogP contribution >= 0.6 is 0 Å². The van der Waals surface area contributed by atoms with Gasteiger partial charge in [0.2, 0.25) is 0 Å². The molecule has 0 spiro atoms. The van der Waals surface area contributed by atoms with Gasteiger partial charge in [-0.15, -0.1) is 0 Å². The second-order valence-electron chi connectivity index (χ2n) is 17.1. The minimum atomic E-state index is -0.609. The number of ether oxygens (including phenoxy) is 9. The Morgan fingerprint density at radius 3 is 1.55 bits per heavy atom. The zero-order valence-electron chi connectivity index (χ0n) is 39.9. The van der Waals surface area contributed by atoms with Crippen molar-refractivity contribution in [2.24, 2.45) is 0 Å². The first-order valence-electron chi connectivity index (χ1n) is 22.8. The van der Waals surface area contributed by atoms with Crippen LogP contribution in [0.4, 0.5) is 5.69 Å². The van der Waals surface area contributed by atoms with Crippen LogP contribution in [0.25, 0.3) is 11.1 Å². The van der Waals surface area contributed by atoms with Crippen LogP contribution in [0.5, 0.6) is 5.75 Å². The van der Waals surface area contributed by atoms with Gasteiger partial charge in [0.25, 0.3) is 0 Å². The maximum absolute atomic E-state index is 8.83. The predicted octanol–water partition coefficient (Wildman–Crippen LogP) is 6.96. The zero-order chi connectivity index (χ0) is 45.8. The van der Waals surface area contributed by atoms with E-state index in [2.05, 4.69) is 127 Å². The van der Waals surface area contributed by atoms with Gasteiger partial charge in [-0.3, -0.25) is 0 Å². The van der Waals surface area contributed by atoms with E-state index in [-0.39, 0.29) is 6.61 Å². The number of rotatable bonds is 32. The monoisotopic (exact) mass is 888 g/mol. The van der Waals surface area contributed by atoms with E-state index in [1.807, 2.05) is 0 Å². The summed E-state index contributed by atoms with van der Waals surface area (Å²) in [6, 6.07) is 27.6. The number of aliphatic hydroxyl groups is 1. The molecule has 0 unspecified atom stereocenters. The minimum absolute atomic E-state index is 0.0144. The highest BCUT2D eigenvalue weighted by molar-refractivity contribution is 5.87. The normalized spacial score (nSPS) is 13.0. The minimum Gasteiger partial charge on any atom is -0.489 e. The summed E-state index contributed by atoms with van der Waals surface area (Å²) in [6.45, 7) is 16.2. The van der Waals surface area contributed by atoms with Gasteiger partial charge in [-0.05, 0) is 77.9 Å². The van der Waals surface area contributed by atoms with Gasteiger partial charge in [0, 0.05) is 26.8 Å². The van der Waals surface area contributed by atoms with Crippen LogP contribution in [0.1, 0.15) is 51.4 Å². The highest BCUT2D eigenvalue weighted by Gasteiger charge is 2.47. The second kappa shape index (κ2) is 26.3. The number of nitrogens with zero attached hydrogens (tertiary/aromatic N) is 2. The van der Waals surface area contributed by atoms with Gasteiger partial charge in [-0.1, -0.05) is 65.7 Å². The molecule has 0 amide bonds. The van der Waals surface area contributed by atoms with Crippen LogP contribution in [0.3, 0.4) is 0 Å². The van der Waals surface area contributed by atoms with Crippen molar-refractivity contribution < 1.29 is 52.2 Å². The first-order chi connectivity index (χ1) is 31.0. The van der Waals surface area contributed by atoms with Crippen molar-refractivity contribution in [1.29, 1.82) is 0 Å². The summed E-state index contributed by atoms with van der Waals surface area (Å²) in [6.07, 6.45) is 0. The molecule has 5 rings (SSSR count). The first kappa shape index (κ1) is 51.1. The Labute approximate surface area is 382 Å². The number of hydrogen-bond acceptors (Lipinski definition) is 11. The van der Waals surface area contributed by atoms with Crippen molar-refractivity contribution >= 4 is 5.69 Å². The van der Waals surface area contributed by atoms with Gasteiger partial charge < -0.3 is 57.1 Å². The molecule has 0 bridgehead atoms. The molecule has 4 aromatic rings. The number of aliphatic hydroxyl groups excluding tert-OH is 1. The molecule has 0 saturated carbocycles. The summed E-state index contributed by atoms with van der Waals surface area (Å²) >= 11 is 0. The average molecular weight is 888 g/mol. The van der Waals surface area contributed by atoms with Crippen LogP contribution in [-0.2, 0) is 56.5 Å². The third kappa shape index (κ3) is 14.0. The molecule has 0 aromatic heterocycles. The van der Waals surface area contributed by atoms with Crippen LogP contribution < -0.4 is 9.64 Å². The van der Waals surface area contributed by atoms with Crippen molar-refractivity contribution in [2.45, 2.75) is 39.3 Å². The van der Waals surface area contributed by atoms with Crippen molar-refractivity contribution in [3.8, 4) is 16.9 Å². The van der Waals surface area contributed by atoms with Gasteiger partial charge in [0.1, 0.15) is 18.9 Å². The van der Waals surface area contributed by atoms with E-state index in [1.165, 1.54) is 55.6 Å². The fourth-order valence-electron chi connectivity index (χ4n) is 8.08. The second-order valence-corrected chi connectivity index (χ2v) is 17.1. The Bertz CT molecular complexity index is 1950. The largest absolute Gasteiger partial charge is 0.489 e. The molecule has 64 heavy (non-hydrogen) atoms. The molecule has 0 heterocycles. The highest BCUT2D eigenvalue weighted by Crippen LogP contribution is 2.57. The van der Waals surface area contributed by atoms with Crippen LogP contribution in [-0.4, -0.2) is 157 Å². The van der Waals surface area contributed by atoms with E-state index in [0.29, 0.717) is 106 Å². The van der Waals surface area contributed by atoms with Gasteiger partial charge in [0.15, 0.2) is 0 Å². The number of hydrogen-bond donors (Lipinski definition) is 1. The lowest BCUT2D eigenvalue weighted by atomic mass is 9.66. The quantitative estimate of drug-likeness (QED) is 0.0358. The SMILES string of the molecule is CC[N+](C)(C)Cc1cc(C2(c3ccc(OCCOCCOCCOCCOC)c(N(C)C)c3)c3cc(C)ccc3-c3ccc(C)cc32)ccc1COCCOCCOCCOCCO. The Kier molecular flexibility index (Phi) is 21.0. The Hall–Kier alpha value is -3.92. The molecule has 352 valence electrons. The maximum atomic E-state index is 8.83. The molecule has 12 nitrogen and oxygen atoms in total. The van der Waals surface area contributed by atoms with Crippen molar-refractivity contribution in [3.63, 3.8) is 0 Å². The number of fused-ring (bicyclic) bond motifs is 3. The summed E-state index contributed by atoms with van der Waals surface area (Å²) in [7, 11) is 10.4. The maximum Gasteiger partial charge on any atom is 0.142 e. The lowest BCUT2D eigenvalue weighted by Crippen LogP contribution is -2.38. The molecule has 0 radical (unpaired) electrons. The average Bonchev–Trinajstić information content (AvgIpc) is 3.56. The van der Waals surface area contributed by atoms with E-state index in [1.54, 1.807) is 7.11 Å². The smallest absolute Gasteiger partial charge is 0.142 e. The van der Waals surface area contributed by atoms with Crippen molar-refractivity contribution in [1.82, 2.24) is 0 Å². The lowest BCUT2D eigenvalue weighted by Gasteiger charge is -2.36. The van der Waals surface area contributed by atoms with Crippen molar-refractivity contribution in [2.75, 3.05) is 152 Å². The number of quaternary nitrogens is 1. The van der Waals surface area contributed by atoms with Gasteiger partial charge >= 0.3 is 0 Å². The molecule has 0 fully saturated rings. The van der Waals surface area contributed by atoms with Gasteiger partial charge in [-0.2, -0.15) is 0 Å².